The molecule has 19 heavy (non-hydrogen) atoms. The van der Waals surface area contributed by atoms with Crippen LogP contribution in [-0.2, 0) is 11.2 Å². The molecule has 0 fully saturated rings. The van der Waals surface area contributed by atoms with Crippen LogP contribution in [0, 0.1) is 13.8 Å². The lowest BCUT2D eigenvalue weighted by molar-refractivity contribution is -0.139. The van der Waals surface area contributed by atoms with E-state index < -0.39 is 12.1 Å². The Morgan fingerprint density at radius 1 is 1.37 bits per heavy atom. The molecule has 1 aromatic carbocycles. The fourth-order valence-corrected chi connectivity index (χ4v) is 2.15. The largest absolute Gasteiger partial charge is 0.481 e. The first-order valence-corrected chi connectivity index (χ1v) is 6.53. The van der Waals surface area contributed by atoms with Gasteiger partial charge in [0.25, 0.3) is 0 Å². The van der Waals surface area contributed by atoms with Crippen molar-refractivity contribution >= 4 is 5.97 Å². The molecular formula is C15H23NO3. The SMILES string of the molecule is Cc1ccc(CCN(C)CC(O)CC(=O)O)c(C)c1. The maximum absolute atomic E-state index is 10.5. The number of nitrogens with zero attached hydrogens (tertiary/aromatic N) is 1. The molecule has 1 aromatic rings. The first-order chi connectivity index (χ1) is 8.88. The Morgan fingerprint density at radius 2 is 2.05 bits per heavy atom. The Labute approximate surface area is 114 Å². The number of carboxylic acids is 1. The minimum atomic E-state index is -0.963. The molecule has 0 amide bonds. The van der Waals surface area contributed by atoms with E-state index in [2.05, 4.69) is 32.0 Å². The number of hydrogen-bond donors (Lipinski definition) is 2. The van der Waals surface area contributed by atoms with E-state index in [-0.39, 0.29) is 6.42 Å². The highest BCUT2D eigenvalue weighted by atomic mass is 16.4. The van der Waals surface area contributed by atoms with Crippen molar-refractivity contribution in [3.05, 3.63) is 34.9 Å². The summed E-state index contributed by atoms with van der Waals surface area (Å²) in [4.78, 5) is 12.4. The molecule has 0 aromatic heterocycles. The zero-order chi connectivity index (χ0) is 14.4. The molecule has 0 aliphatic heterocycles. The Morgan fingerprint density at radius 3 is 2.63 bits per heavy atom. The van der Waals surface area contributed by atoms with Gasteiger partial charge < -0.3 is 15.1 Å². The van der Waals surface area contributed by atoms with Gasteiger partial charge in [0.1, 0.15) is 0 Å². The lowest BCUT2D eigenvalue weighted by Gasteiger charge is -2.20. The van der Waals surface area contributed by atoms with Crippen molar-refractivity contribution in [3.63, 3.8) is 0 Å². The molecule has 0 heterocycles. The molecule has 2 N–H and O–H groups in total. The monoisotopic (exact) mass is 265 g/mol. The van der Waals surface area contributed by atoms with Crippen LogP contribution in [-0.4, -0.2) is 47.3 Å². The lowest BCUT2D eigenvalue weighted by Crippen LogP contribution is -2.32. The van der Waals surface area contributed by atoms with Crippen molar-refractivity contribution in [1.82, 2.24) is 4.90 Å². The van der Waals surface area contributed by atoms with Crippen molar-refractivity contribution in [3.8, 4) is 0 Å². The zero-order valence-corrected chi connectivity index (χ0v) is 11.9. The Bertz CT molecular complexity index is 431. The van der Waals surface area contributed by atoms with Crippen LogP contribution in [0.3, 0.4) is 0 Å². The predicted octanol–water partition coefficient (Wildman–Crippen LogP) is 1.61. The van der Waals surface area contributed by atoms with Gasteiger partial charge in [-0.2, -0.15) is 0 Å². The van der Waals surface area contributed by atoms with Crippen LogP contribution in [0.25, 0.3) is 0 Å². The number of carbonyl (C=O) groups is 1. The molecule has 0 bridgehead atoms. The van der Waals surface area contributed by atoms with Gasteiger partial charge in [-0.05, 0) is 38.4 Å². The summed E-state index contributed by atoms with van der Waals surface area (Å²) in [6.07, 6.45) is -0.0994. The molecule has 0 aliphatic carbocycles. The first-order valence-electron chi connectivity index (χ1n) is 6.53. The third-order valence-electron chi connectivity index (χ3n) is 3.19. The zero-order valence-electron chi connectivity index (χ0n) is 11.9. The van der Waals surface area contributed by atoms with E-state index in [1.165, 1.54) is 16.7 Å². The van der Waals surface area contributed by atoms with E-state index >= 15 is 0 Å². The first kappa shape index (κ1) is 15.7. The molecular weight excluding hydrogens is 242 g/mol. The quantitative estimate of drug-likeness (QED) is 0.786. The smallest absolute Gasteiger partial charge is 0.306 e. The molecule has 1 unspecified atom stereocenters. The van der Waals surface area contributed by atoms with Gasteiger partial charge >= 0.3 is 5.97 Å². The van der Waals surface area contributed by atoms with E-state index in [4.69, 9.17) is 5.11 Å². The number of benzene rings is 1. The average molecular weight is 265 g/mol. The maximum Gasteiger partial charge on any atom is 0.306 e. The van der Waals surface area contributed by atoms with Crippen molar-refractivity contribution in [2.45, 2.75) is 32.8 Å². The van der Waals surface area contributed by atoms with Crippen LogP contribution in [0.1, 0.15) is 23.1 Å². The molecule has 106 valence electrons. The fourth-order valence-electron chi connectivity index (χ4n) is 2.15. The van der Waals surface area contributed by atoms with E-state index in [0.29, 0.717) is 6.54 Å². The van der Waals surface area contributed by atoms with Crippen LogP contribution in [0.5, 0.6) is 0 Å². The van der Waals surface area contributed by atoms with E-state index in [1.807, 2.05) is 11.9 Å². The molecule has 4 nitrogen and oxygen atoms in total. The summed E-state index contributed by atoms with van der Waals surface area (Å²) in [5, 5.41) is 18.1. The molecule has 0 saturated carbocycles. The number of likely N-dealkylation sites (N-methyl/N-ethyl adjacent to an activating group) is 1. The second-order valence-corrected chi connectivity index (χ2v) is 5.19. The lowest BCUT2D eigenvalue weighted by atomic mass is 10.0. The summed E-state index contributed by atoms with van der Waals surface area (Å²) in [6, 6.07) is 6.39. The number of aryl methyl sites for hydroxylation is 2. The van der Waals surface area contributed by atoms with E-state index in [9.17, 15) is 9.90 Å². The molecule has 0 radical (unpaired) electrons. The number of hydrogen-bond acceptors (Lipinski definition) is 3. The van der Waals surface area contributed by atoms with Gasteiger partial charge in [-0.15, -0.1) is 0 Å². The standard InChI is InChI=1S/C15H23NO3/c1-11-4-5-13(12(2)8-11)6-7-16(3)10-14(17)9-15(18)19/h4-5,8,14,17H,6-7,9-10H2,1-3H3,(H,18,19). The fraction of sp³-hybridized carbons (Fsp3) is 0.533. The summed E-state index contributed by atoms with van der Waals surface area (Å²) in [5.74, 6) is -0.963. The Hall–Kier alpha value is -1.39. The van der Waals surface area contributed by atoms with Crippen LogP contribution in [0.2, 0.25) is 0 Å². The summed E-state index contributed by atoms with van der Waals surface area (Å²) in [7, 11) is 1.90. The van der Waals surface area contributed by atoms with Crippen LogP contribution in [0.15, 0.2) is 18.2 Å². The third kappa shape index (κ3) is 5.85. The minimum Gasteiger partial charge on any atom is -0.481 e. The number of aliphatic hydroxyl groups is 1. The van der Waals surface area contributed by atoms with Crippen molar-refractivity contribution in [2.24, 2.45) is 0 Å². The van der Waals surface area contributed by atoms with Crippen molar-refractivity contribution < 1.29 is 15.0 Å². The van der Waals surface area contributed by atoms with Gasteiger partial charge in [-0.1, -0.05) is 23.8 Å². The summed E-state index contributed by atoms with van der Waals surface area (Å²) >= 11 is 0. The number of rotatable bonds is 7. The Kier molecular flexibility index (Phi) is 5.99. The van der Waals surface area contributed by atoms with Gasteiger partial charge in [0.05, 0.1) is 12.5 Å². The van der Waals surface area contributed by atoms with Crippen LogP contribution in [0.4, 0.5) is 0 Å². The van der Waals surface area contributed by atoms with Gasteiger partial charge in [-0.3, -0.25) is 4.79 Å². The van der Waals surface area contributed by atoms with Crippen LogP contribution < -0.4 is 0 Å². The summed E-state index contributed by atoms with van der Waals surface area (Å²) in [6.45, 7) is 5.37. The highest BCUT2D eigenvalue weighted by Gasteiger charge is 2.12. The van der Waals surface area contributed by atoms with E-state index in [0.717, 1.165) is 13.0 Å². The molecule has 4 heteroatoms. The number of aliphatic carboxylic acids is 1. The topological polar surface area (TPSA) is 60.8 Å². The highest BCUT2D eigenvalue weighted by Crippen LogP contribution is 2.11. The minimum absolute atomic E-state index is 0.200. The average Bonchev–Trinajstić information content (AvgIpc) is 2.26. The Balaban J connectivity index is 2.41. The predicted molar refractivity (Wildman–Crippen MR) is 75.4 cm³/mol. The van der Waals surface area contributed by atoms with Crippen LogP contribution >= 0.6 is 0 Å². The second-order valence-electron chi connectivity index (χ2n) is 5.19. The normalized spacial score (nSPS) is 12.7. The third-order valence-corrected chi connectivity index (χ3v) is 3.19. The molecule has 0 spiro atoms. The molecule has 0 saturated heterocycles. The molecule has 1 rings (SSSR count). The number of aliphatic hydroxyl groups excluding tert-OH is 1. The van der Waals surface area contributed by atoms with E-state index in [1.54, 1.807) is 0 Å². The highest BCUT2D eigenvalue weighted by molar-refractivity contribution is 5.67. The number of carboxylic acid groups (broad SMARTS) is 1. The summed E-state index contributed by atoms with van der Waals surface area (Å²) in [5.41, 5.74) is 3.83. The van der Waals surface area contributed by atoms with Gasteiger partial charge in [0.15, 0.2) is 0 Å². The second kappa shape index (κ2) is 7.26. The molecule has 1 atom stereocenters. The molecule has 0 aliphatic rings. The van der Waals surface area contributed by atoms with Gasteiger partial charge in [-0.25, -0.2) is 0 Å². The van der Waals surface area contributed by atoms with Crippen molar-refractivity contribution in [2.75, 3.05) is 20.1 Å². The van der Waals surface area contributed by atoms with Gasteiger partial charge in [0, 0.05) is 13.1 Å². The van der Waals surface area contributed by atoms with Gasteiger partial charge in [0.2, 0.25) is 0 Å². The summed E-state index contributed by atoms with van der Waals surface area (Å²) < 4.78 is 0. The van der Waals surface area contributed by atoms with Crippen molar-refractivity contribution in [1.29, 1.82) is 0 Å². The maximum atomic E-state index is 10.5.